The summed E-state index contributed by atoms with van der Waals surface area (Å²) in [6.07, 6.45) is -2.92. The minimum Gasteiger partial charge on any atom is -0.465 e. The fourth-order valence-corrected chi connectivity index (χ4v) is 4.73. The molecule has 0 aromatic carbocycles. The molecule has 1 fully saturated rings. The Morgan fingerprint density at radius 1 is 1.27 bits per heavy atom. The topological polar surface area (TPSA) is 99.5 Å². The van der Waals surface area contributed by atoms with Crippen molar-refractivity contribution in [3.63, 3.8) is 0 Å². The summed E-state index contributed by atoms with van der Waals surface area (Å²) in [4.78, 5) is 37.4. The van der Waals surface area contributed by atoms with Crippen molar-refractivity contribution in [2.45, 2.75) is 51.7 Å². The molecule has 13 heteroatoms. The van der Waals surface area contributed by atoms with Crippen LogP contribution >= 0.6 is 22.9 Å². The van der Waals surface area contributed by atoms with Crippen LogP contribution in [0.3, 0.4) is 0 Å². The van der Waals surface area contributed by atoms with E-state index in [9.17, 15) is 27.6 Å². The van der Waals surface area contributed by atoms with Gasteiger partial charge in [-0.1, -0.05) is 18.5 Å². The van der Waals surface area contributed by atoms with Gasteiger partial charge in [0.05, 0.1) is 30.0 Å². The minimum atomic E-state index is -4.76. The Kier molecular flexibility index (Phi) is 7.37. The number of ether oxygens (including phenoxy) is 2. The third kappa shape index (κ3) is 5.32. The number of rotatable bonds is 8. The van der Waals surface area contributed by atoms with Gasteiger partial charge >= 0.3 is 18.1 Å². The Hall–Kier alpha value is -2.60. The standard InChI is InChI=1S/C20H21ClF3N3O5S/c1-4-7-32-18(29)12-9(2)15(19(30)31-3)33-17(12)25-11(28)8-27-14(10-5-6-10)13(21)16(26-27)20(22,23)24/h10H,4-8H2,1-3H3,(H,25,28). The van der Waals surface area contributed by atoms with Crippen LogP contribution in [0.25, 0.3) is 0 Å². The number of nitrogens with one attached hydrogen (secondary N) is 1. The van der Waals surface area contributed by atoms with Crippen molar-refractivity contribution < 1.29 is 37.0 Å². The molecule has 180 valence electrons. The molecule has 2 aromatic rings. The van der Waals surface area contributed by atoms with Gasteiger partial charge in [0.25, 0.3) is 0 Å². The van der Waals surface area contributed by atoms with Crippen LogP contribution in [0.4, 0.5) is 18.2 Å². The molecule has 1 saturated carbocycles. The summed E-state index contributed by atoms with van der Waals surface area (Å²) < 4.78 is 50.6. The SMILES string of the molecule is CCCOC(=O)c1c(NC(=O)Cn2nc(C(F)(F)F)c(Cl)c2C2CC2)sc(C(=O)OC)c1C. The van der Waals surface area contributed by atoms with Crippen molar-refractivity contribution >= 4 is 45.8 Å². The zero-order chi connectivity index (χ0) is 24.5. The molecule has 1 N–H and O–H groups in total. The van der Waals surface area contributed by atoms with Crippen LogP contribution in [0.15, 0.2) is 0 Å². The maximum atomic E-state index is 13.3. The highest BCUT2D eigenvalue weighted by molar-refractivity contribution is 7.18. The first-order valence-electron chi connectivity index (χ1n) is 10.0. The lowest BCUT2D eigenvalue weighted by molar-refractivity contribution is -0.141. The van der Waals surface area contributed by atoms with E-state index < -0.39 is 41.3 Å². The number of alkyl halides is 3. The molecule has 0 saturated heterocycles. The van der Waals surface area contributed by atoms with Crippen LogP contribution < -0.4 is 5.32 Å². The van der Waals surface area contributed by atoms with Crippen LogP contribution in [-0.4, -0.2) is 41.3 Å². The molecule has 1 aliphatic carbocycles. The number of hydrogen-bond donors (Lipinski definition) is 1. The normalized spacial score (nSPS) is 13.7. The second-order valence-corrected chi connectivity index (χ2v) is 8.81. The van der Waals surface area contributed by atoms with Gasteiger partial charge in [-0.15, -0.1) is 11.3 Å². The van der Waals surface area contributed by atoms with Crippen LogP contribution in [0.2, 0.25) is 5.02 Å². The minimum absolute atomic E-state index is 0.0147. The third-order valence-corrected chi connectivity index (χ3v) is 6.43. The summed E-state index contributed by atoms with van der Waals surface area (Å²) in [5.41, 5.74) is -0.843. The molecular formula is C20H21ClF3N3O5S. The van der Waals surface area contributed by atoms with Crippen molar-refractivity contribution in [1.82, 2.24) is 9.78 Å². The largest absolute Gasteiger partial charge is 0.465 e. The Bertz CT molecular complexity index is 1090. The van der Waals surface area contributed by atoms with Crippen molar-refractivity contribution in [2.75, 3.05) is 19.0 Å². The molecule has 0 unspecified atom stereocenters. The zero-order valence-electron chi connectivity index (χ0n) is 18.0. The maximum absolute atomic E-state index is 13.3. The van der Waals surface area contributed by atoms with Gasteiger partial charge in [-0.25, -0.2) is 9.59 Å². The number of nitrogens with zero attached hydrogens (tertiary/aromatic N) is 2. The van der Waals surface area contributed by atoms with Gasteiger partial charge in [-0.2, -0.15) is 18.3 Å². The molecule has 2 heterocycles. The third-order valence-electron chi connectivity index (χ3n) is 4.87. The van der Waals surface area contributed by atoms with E-state index in [4.69, 9.17) is 21.1 Å². The van der Waals surface area contributed by atoms with Crippen LogP contribution in [-0.2, 0) is 27.0 Å². The van der Waals surface area contributed by atoms with Crippen molar-refractivity contribution in [3.05, 3.63) is 32.4 Å². The first kappa shape index (κ1) is 25.0. The number of carbonyl (C=O) groups is 3. The number of anilines is 1. The van der Waals surface area contributed by atoms with E-state index in [2.05, 4.69) is 10.4 Å². The molecule has 33 heavy (non-hydrogen) atoms. The summed E-state index contributed by atoms with van der Waals surface area (Å²) >= 11 is 6.75. The number of methoxy groups -OCH3 is 1. The second-order valence-electron chi connectivity index (χ2n) is 7.41. The number of carbonyl (C=O) groups excluding carboxylic acids is 3. The number of hydrogen-bond acceptors (Lipinski definition) is 7. The quantitative estimate of drug-likeness (QED) is 0.515. The summed E-state index contributed by atoms with van der Waals surface area (Å²) in [5, 5.41) is 5.54. The molecule has 8 nitrogen and oxygen atoms in total. The summed E-state index contributed by atoms with van der Waals surface area (Å²) in [6.45, 7) is 2.88. The summed E-state index contributed by atoms with van der Waals surface area (Å²) in [6, 6.07) is 0. The van der Waals surface area contributed by atoms with Crippen LogP contribution in [0.5, 0.6) is 0 Å². The van der Waals surface area contributed by atoms with Gasteiger partial charge in [-0.3, -0.25) is 9.48 Å². The predicted molar refractivity (Wildman–Crippen MR) is 114 cm³/mol. The van der Waals surface area contributed by atoms with Crippen LogP contribution in [0, 0.1) is 6.92 Å². The smallest absolute Gasteiger partial charge is 0.436 e. The molecule has 0 atom stereocenters. The molecule has 1 aliphatic rings. The molecule has 0 radical (unpaired) electrons. The van der Waals surface area contributed by atoms with E-state index in [0.29, 0.717) is 19.3 Å². The molecule has 2 aromatic heterocycles. The average molecular weight is 508 g/mol. The lowest BCUT2D eigenvalue weighted by Gasteiger charge is -2.09. The van der Waals surface area contributed by atoms with Crippen molar-refractivity contribution in [2.24, 2.45) is 0 Å². The molecular weight excluding hydrogens is 487 g/mol. The van der Waals surface area contributed by atoms with Gasteiger partial charge in [0, 0.05) is 5.92 Å². The Labute approximate surface area is 196 Å². The van der Waals surface area contributed by atoms with Gasteiger partial charge < -0.3 is 14.8 Å². The highest BCUT2D eigenvalue weighted by atomic mass is 35.5. The van der Waals surface area contributed by atoms with E-state index in [1.165, 1.54) is 14.0 Å². The highest BCUT2D eigenvalue weighted by Gasteiger charge is 2.42. The lowest BCUT2D eigenvalue weighted by atomic mass is 10.1. The molecule has 0 spiro atoms. The Morgan fingerprint density at radius 3 is 2.48 bits per heavy atom. The van der Waals surface area contributed by atoms with Gasteiger partial charge in [-0.05, 0) is 31.7 Å². The number of aromatic nitrogens is 2. The van der Waals surface area contributed by atoms with Crippen molar-refractivity contribution in [1.29, 1.82) is 0 Å². The Morgan fingerprint density at radius 2 is 1.94 bits per heavy atom. The summed E-state index contributed by atoms with van der Waals surface area (Å²) in [7, 11) is 1.17. The summed E-state index contributed by atoms with van der Waals surface area (Å²) in [5.74, 6) is -2.39. The van der Waals surface area contributed by atoms with E-state index in [1.807, 2.05) is 0 Å². The number of thiophene rings is 1. The molecule has 0 bridgehead atoms. The molecule has 0 aliphatic heterocycles. The monoisotopic (exact) mass is 507 g/mol. The van der Waals surface area contributed by atoms with E-state index >= 15 is 0 Å². The van der Waals surface area contributed by atoms with E-state index in [-0.39, 0.29) is 39.2 Å². The highest BCUT2D eigenvalue weighted by Crippen LogP contribution is 2.47. The molecule has 1 amide bonds. The van der Waals surface area contributed by atoms with Gasteiger partial charge in [0.15, 0.2) is 5.69 Å². The van der Waals surface area contributed by atoms with Crippen molar-refractivity contribution in [3.8, 4) is 0 Å². The number of halogens is 4. The second kappa shape index (κ2) is 9.72. The first-order chi connectivity index (χ1) is 15.5. The number of esters is 2. The predicted octanol–water partition coefficient (Wildman–Crippen LogP) is 4.79. The Balaban J connectivity index is 1.90. The fourth-order valence-electron chi connectivity index (χ4n) is 3.21. The molecule has 3 rings (SSSR count). The van der Waals surface area contributed by atoms with E-state index in [0.717, 1.165) is 16.0 Å². The fraction of sp³-hybridized carbons (Fsp3) is 0.500. The number of amides is 1. The van der Waals surface area contributed by atoms with Gasteiger partial charge in [0.2, 0.25) is 5.91 Å². The first-order valence-corrected chi connectivity index (χ1v) is 11.2. The lowest BCUT2D eigenvalue weighted by Crippen LogP contribution is -2.22. The average Bonchev–Trinajstić information content (AvgIpc) is 3.44. The van der Waals surface area contributed by atoms with Gasteiger partial charge in [0.1, 0.15) is 16.4 Å². The maximum Gasteiger partial charge on any atom is 0.436 e. The van der Waals surface area contributed by atoms with E-state index in [1.54, 1.807) is 6.92 Å². The van der Waals surface area contributed by atoms with Crippen LogP contribution in [0.1, 0.15) is 69.1 Å². The zero-order valence-corrected chi connectivity index (χ0v) is 19.5.